The number of carbonyl (C=O) groups is 1. The van der Waals surface area contributed by atoms with E-state index < -0.39 is 0 Å². The molecule has 0 saturated carbocycles. The van der Waals surface area contributed by atoms with E-state index in [1.54, 1.807) is 6.33 Å². The molecule has 2 aliphatic heterocycles. The maximum absolute atomic E-state index is 12.8. The number of nitrogens with zero attached hydrogens (tertiary/aromatic N) is 4. The van der Waals surface area contributed by atoms with Crippen molar-refractivity contribution in [3.63, 3.8) is 0 Å². The van der Waals surface area contributed by atoms with Crippen molar-refractivity contribution >= 4 is 22.6 Å². The zero-order valence-electron chi connectivity index (χ0n) is 17.1. The molecule has 3 aromatic rings. The summed E-state index contributed by atoms with van der Waals surface area (Å²) >= 11 is 0. The molecule has 0 bridgehead atoms. The van der Waals surface area contributed by atoms with Crippen LogP contribution < -0.4 is 9.64 Å². The Labute approximate surface area is 176 Å². The zero-order valence-corrected chi connectivity index (χ0v) is 17.1. The van der Waals surface area contributed by atoms with Gasteiger partial charge in [-0.05, 0) is 30.9 Å². The quantitative estimate of drug-likeness (QED) is 0.706. The third-order valence-corrected chi connectivity index (χ3v) is 6.11. The van der Waals surface area contributed by atoms with E-state index in [0.717, 1.165) is 48.3 Å². The van der Waals surface area contributed by atoms with Gasteiger partial charge in [0.2, 0.25) is 11.8 Å². The lowest BCUT2D eigenvalue weighted by molar-refractivity contribution is -0.129. The van der Waals surface area contributed by atoms with Gasteiger partial charge in [0.05, 0.1) is 13.0 Å². The fraction of sp³-hybridized carbons (Fsp3) is 0.435. The minimum absolute atomic E-state index is 0.0268. The number of nitrogens with one attached hydrogen (secondary N) is 1. The van der Waals surface area contributed by atoms with Crippen LogP contribution in [0.1, 0.15) is 31.2 Å². The normalized spacial score (nSPS) is 19.4. The first-order chi connectivity index (χ1) is 14.8. The van der Waals surface area contributed by atoms with E-state index in [1.807, 2.05) is 35.4 Å². The third kappa shape index (κ3) is 3.97. The summed E-state index contributed by atoms with van der Waals surface area (Å²) in [6.07, 6.45) is 8.42. The van der Waals surface area contributed by atoms with Crippen molar-refractivity contribution in [2.24, 2.45) is 0 Å². The van der Waals surface area contributed by atoms with Crippen LogP contribution in [0.4, 0.5) is 5.82 Å². The van der Waals surface area contributed by atoms with Gasteiger partial charge in [0, 0.05) is 49.2 Å². The van der Waals surface area contributed by atoms with Gasteiger partial charge in [0.1, 0.15) is 18.2 Å². The number of anilines is 1. The maximum atomic E-state index is 12.8. The summed E-state index contributed by atoms with van der Waals surface area (Å²) in [5.74, 6) is 1.68. The summed E-state index contributed by atoms with van der Waals surface area (Å²) in [5.41, 5.74) is 2.11. The molecule has 30 heavy (non-hydrogen) atoms. The Morgan fingerprint density at radius 2 is 2.00 bits per heavy atom. The van der Waals surface area contributed by atoms with E-state index in [0.29, 0.717) is 18.8 Å². The number of carbonyl (C=O) groups excluding carboxylic acids is 1. The zero-order chi connectivity index (χ0) is 20.3. The first kappa shape index (κ1) is 18.9. The highest BCUT2D eigenvalue weighted by molar-refractivity contribution is 5.89. The molecule has 156 valence electrons. The van der Waals surface area contributed by atoms with Crippen molar-refractivity contribution in [2.75, 3.05) is 31.1 Å². The molecule has 7 heteroatoms. The summed E-state index contributed by atoms with van der Waals surface area (Å²) in [6, 6.07) is 10.0. The Morgan fingerprint density at radius 3 is 2.90 bits per heavy atom. The summed E-state index contributed by atoms with van der Waals surface area (Å²) < 4.78 is 6.11. The molecule has 0 spiro atoms. The van der Waals surface area contributed by atoms with Crippen molar-refractivity contribution in [3.8, 4) is 5.88 Å². The number of benzene rings is 1. The molecule has 5 rings (SSSR count). The second-order valence-corrected chi connectivity index (χ2v) is 8.17. The number of aromatic nitrogens is 3. The molecule has 1 unspecified atom stereocenters. The molecule has 2 saturated heterocycles. The van der Waals surface area contributed by atoms with Gasteiger partial charge in [0.25, 0.3) is 0 Å². The lowest BCUT2D eigenvalue weighted by Gasteiger charge is -2.27. The van der Waals surface area contributed by atoms with E-state index in [-0.39, 0.29) is 12.0 Å². The maximum Gasteiger partial charge on any atom is 0.227 e. The Balaban J connectivity index is 1.19. The second kappa shape index (κ2) is 8.34. The van der Waals surface area contributed by atoms with Crippen molar-refractivity contribution < 1.29 is 9.53 Å². The van der Waals surface area contributed by atoms with E-state index in [4.69, 9.17) is 4.74 Å². The highest BCUT2D eigenvalue weighted by Crippen LogP contribution is 2.24. The summed E-state index contributed by atoms with van der Waals surface area (Å²) in [4.78, 5) is 29.0. The third-order valence-electron chi connectivity index (χ3n) is 6.11. The number of H-pyrrole nitrogens is 1. The van der Waals surface area contributed by atoms with Gasteiger partial charge in [0.15, 0.2) is 0 Å². The molecule has 1 N–H and O–H groups in total. The fourth-order valence-corrected chi connectivity index (χ4v) is 4.46. The number of ether oxygens (including phenoxy) is 1. The molecule has 0 aliphatic carbocycles. The van der Waals surface area contributed by atoms with E-state index >= 15 is 0 Å². The minimum atomic E-state index is -0.0268. The van der Waals surface area contributed by atoms with Crippen LogP contribution in [0.15, 0.2) is 42.9 Å². The summed E-state index contributed by atoms with van der Waals surface area (Å²) in [7, 11) is 0. The number of para-hydroxylation sites is 1. The highest BCUT2D eigenvalue weighted by Gasteiger charge is 2.28. The number of amides is 1. The minimum Gasteiger partial charge on any atom is -0.472 e. The number of piperidine rings is 1. The Kier molecular flexibility index (Phi) is 5.26. The summed E-state index contributed by atoms with van der Waals surface area (Å²) in [6.45, 7) is 3.39. The lowest BCUT2D eigenvalue weighted by Crippen LogP contribution is -2.32. The molecular formula is C23H27N5O2. The van der Waals surface area contributed by atoms with Crippen LogP contribution in [0.2, 0.25) is 0 Å². The van der Waals surface area contributed by atoms with E-state index in [2.05, 4.69) is 25.9 Å². The lowest BCUT2D eigenvalue weighted by atomic mass is 10.1. The second-order valence-electron chi connectivity index (χ2n) is 8.17. The Hall–Kier alpha value is -3.09. The van der Waals surface area contributed by atoms with Crippen LogP contribution in [-0.4, -0.2) is 58.0 Å². The largest absolute Gasteiger partial charge is 0.472 e. The van der Waals surface area contributed by atoms with Crippen molar-refractivity contribution in [3.05, 3.63) is 48.4 Å². The smallest absolute Gasteiger partial charge is 0.227 e. The monoisotopic (exact) mass is 405 g/mol. The number of fused-ring (bicyclic) bond motifs is 1. The van der Waals surface area contributed by atoms with Crippen LogP contribution in [-0.2, 0) is 11.2 Å². The average Bonchev–Trinajstić information content (AvgIpc) is 3.42. The van der Waals surface area contributed by atoms with Crippen LogP contribution in [0.25, 0.3) is 10.9 Å². The van der Waals surface area contributed by atoms with Gasteiger partial charge in [-0.15, -0.1) is 0 Å². The molecular weight excluding hydrogens is 378 g/mol. The van der Waals surface area contributed by atoms with E-state index in [1.165, 1.54) is 19.3 Å². The average molecular weight is 406 g/mol. The van der Waals surface area contributed by atoms with Crippen LogP contribution in [0, 0.1) is 0 Å². The van der Waals surface area contributed by atoms with Gasteiger partial charge in [-0.25, -0.2) is 9.97 Å². The van der Waals surface area contributed by atoms with Crippen LogP contribution >= 0.6 is 0 Å². The SMILES string of the molecule is O=C(Cc1c[nH]c2ccccc12)N1CCC(Oc2cc(N3CCCCC3)ncn2)C1. The molecule has 2 aliphatic rings. The number of aromatic amines is 1. The van der Waals surface area contributed by atoms with Gasteiger partial charge < -0.3 is 19.5 Å². The fourth-order valence-electron chi connectivity index (χ4n) is 4.46. The first-order valence-electron chi connectivity index (χ1n) is 10.8. The number of likely N-dealkylation sites (tertiary alicyclic amines) is 1. The molecule has 7 nitrogen and oxygen atoms in total. The molecule has 0 radical (unpaired) electrons. The molecule has 1 amide bonds. The standard InChI is InChI=1S/C23H27N5O2/c29-23(12-17-14-24-20-7-3-2-6-19(17)20)28-11-8-18(15-28)30-22-13-21(25-16-26-22)27-9-4-1-5-10-27/h2-3,6-7,13-14,16,18,24H,1,4-5,8-12,15H2. The molecule has 2 aromatic heterocycles. The van der Waals surface area contributed by atoms with Crippen LogP contribution in [0.5, 0.6) is 5.88 Å². The number of rotatable bonds is 5. The van der Waals surface area contributed by atoms with Gasteiger partial charge in [-0.3, -0.25) is 4.79 Å². The van der Waals surface area contributed by atoms with Crippen LogP contribution in [0.3, 0.4) is 0 Å². The topological polar surface area (TPSA) is 74.3 Å². The Bertz CT molecular complexity index is 1030. The summed E-state index contributed by atoms with van der Waals surface area (Å²) in [5, 5.41) is 1.11. The number of hydrogen-bond donors (Lipinski definition) is 1. The highest BCUT2D eigenvalue weighted by atomic mass is 16.5. The molecule has 4 heterocycles. The predicted molar refractivity (Wildman–Crippen MR) is 116 cm³/mol. The van der Waals surface area contributed by atoms with E-state index in [9.17, 15) is 4.79 Å². The molecule has 2 fully saturated rings. The predicted octanol–water partition coefficient (Wildman–Crippen LogP) is 3.17. The van der Waals surface area contributed by atoms with Crippen molar-refractivity contribution in [1.29, 1.82) is 0 Å². The van der Waals surface area contributed by atoms with Gasteiger partial charge >= 0.3 is 0 Å². The van der Waals surface area contributed by atoms with Crippen molar-refractivity contribution in [2.45, 2.75) is 38.2 Å². The van der Waals surface area contributed by atoms with Gasteiger partial charge in [-0.1, -0.05) is 18.2 Å². The molecule has 1 aromatic carbocycles. The van der Waals surface area contributed by atoms with Crippen molar-refractivity contribution in [1.82, 2.24) is 19.9 Å². The molecule has 1 atom stereocenters. The Morgan fingerprint density at radius 1 is 1.13 bits per heavy atom. The first-order valence-corrected chi connectivity index (χ1v) is 10.8. The van der Waals surface area contributed by atoms with Gasteiger partial charge in [-0.2, -0.15) is 0 Å². The number of hydrogen-bond acceptors (Lipinski definition) is 5.